The summed E-state index contributed by atoms with van der Waals surface area (Å²) < 4.78 is 6.81. The molecule has 0 aliphatic rings. The van der Waals surface area contributed by atoms with Crippen LogP contribution in [0.1, 0.15) is 35.5 Å². The van der Waals surface area contributed by atoms with E-state index in [1.807, 2.05) is 19.9 Å². The van der Waals surface area contributed by atoms with Crippen molar-refractivity contribution in [2.75, 3.05) is 7.11 Å². The number of rotatable bonds is 4. The monoisotopic (exact) mass is 353 g/mol. The van der Waals surface area contributed by atoms with Crippen LogP contribution in [0.15, 0.2) is 48.5 Å². The number of nitrogens with zero attached hydrogens (tertiary/aromatic N) is 1. The number of carboxylic acids is 1. The van der Waals surface area contributed by atoms with Crippen LogP contribution in [0.4, 0.5) is 0 Å². The van der Waals surface area contributed by atoms with E-state index in [0.29, 0.717) is 28.1 Å². The summed E-state index contributed by atoms with van der Waals surface area (Å²) in [4.78, 5) is 24.2. The van der Waals surface area contributed by atoms with E-state index in [9.17, 15) is 14.7 Å². The summed E-state index contributed by atoms with van der Waals surface area (Å²) in [6.45, 7) is 5.77. The molecule has 0 aliphatic heterocycles. The molecule has 0 unspecified atom stereocenters. The molecule has 0 bridgehead atoms. The van der Waals surface area contributed by atoms with Crippen molar-refractivity contribution in [3.8, 4) is 5.75 Å². The van der Waals surface area contributed by atoms with Crippen molar-refractivity contribution in [1.29, 1.82) is 0 Å². The molecule has 0 saturated heterocycles. The van der Waals surface area contributed by atoms with Gasteiger partial charge in [-0.1, -0.05) is 32.0 Å². The lowest BCUT2D eigenvalue weighted by Crippen LogP contribution is -2.14. The molecule has 3 rings (SSSR count). The predicted octanol–water partition coefficient (Wildman–Crippen LogP) is 4.30. The van der Waals surface area contributed by atoms with Crippen LogP contribution in [0.5, 0.6) is 5.75 Å². The number of carbonyl (C=O) groups excluding carboxylic acids is 1. The SMILES string of the molecule is CC.COc1ccc2c(c1)c(CC(=O)O)c(C)n2C(=O)c1ccccc1. The highest BCUT2D eigenvalue weighted by Crippen LogP contribution is 2.30. The van der Waals surface area contributed by atoms with Crippen LogP contribution in [0.3, 0.4) is 0 Å². The smallest absolute Gasteiger partial charge is 0.307 e. The van der Waals surface area contributed by atoms with Crippen molar-refractivity contribution >= 4 is 22.8 Å². The number of aromatic nitrogens is 1. The van der Waals surface area contributed by atoms with Gasteiger partial charge in [0.25, 0.3) is 5.91 Å². The van der Waals surface area contributed by atoms with Gasteiger partial charge < -0.3 is 9.84 Å². The fourth-order valence-corrected chi connectivity index (χ4v) is 2.94. The fraction of sp³-hybridized carbons (Fsp3) is 0.238. The van der Waals surface area contributed by atoms with Crippen molar-refractivity contribution in [1.82, 2.24) is 4.57 Å². The van der Waals surface area contributed by atoms with Gasteiger partial charge in [-0.25, -0.2) is 0 Å². The van der Waals surface area contributed by atoms with E-state index in [1.54, 1.807) is 61.1 Å². The minimum atomic E-state index is -0.938. The van der Waals surface area contributed by atoms with Gasteiger partial charge in [-0.05, 0) is 42.8 Å². The van der Waals surface area contributed by atoms with Gasteiger partial charge in [0.05, 0.1) is 19.0 Å². The molecule has 0 aliphatic carbocycles. The van der Waals surface area contributed by atoms with Crippen molar-refractivity contribution in [3.63, 3.8) is 0 Å². The number of hydrogen-bond acceptors (Lipinski definition) is 3. The molecule has 0 saturated carbocycles. The van der Waals surface area contributed by atoms with E-state index in [0.717, 1.165) is 5.39 Å². The van der Waals surface area contributed by atoms with Gasteiger partial charge in [0.15, 0.2) is 0 Å². The van der Waals surface area contributed by atoms with Crippen LogP contribution in [-0.4, -0.2) is 28.7 Å². The minimum Gasteiger partial charge on any atom is -0.497 e. The predicted molar refractivity (Wildman–Crippen MR) is 102 cm³/mol. The van der Waals surface area contributed by atoms with Gasteiger partial charge in [-0.2, -0.15) is 0 Å². The second-order valence-corrected chi connectivity index (χ2v) is 5.52. The van der Waals surface area contributed by atoms with Crippen molar-refractivity contribution in [2.45, 2.75) is 27.2 Å². The van der Waals surface area contributed by atoms with E-state index in [-0.39, 0.29) is 12.3 Å². The zero-order valence-electron chi connectivity index (χ0n) is 15.4. The Morgan fingerprint density at radius 2 is 1.73 bits per heavy atom. The highest BCUT2D eigenvalue weighted by atomic mass is 16.5. The lowest BCUT2D eigenvalue weighted by molar-refractivity contribution is -0.136. The lowest BCUT2D eigenvalue weighted by atomic mass is 10.1. The summed E-state index contributed by atoms with van der Waals surface area (Å²) in [6, 6.07) is 14.3. The molecule has 26 heavy (non-hydrogen) atoms. The van der Waals surface area contributed by atoms with Gasteiger partial charge in [0.2, 0.25) is 0 Å². The first-order valence-corrected chi connectivity index (χ1v) is 8.52. The highest BCUT2D eigenvalue weighted by molar-refractivity contribution is 6.04. The average Bonchev–Trinajstić information content (AvgIpc) is 2.94. The number of benzene rings is 2. The molecule has 2 aromatic carbocycles. The maximum Gasteiger partial charge on any atom is 0.307 e. The summed E-state index contributed by atoms with van der Waals surface area (Å²) in [5.74, 6) is -0.495. The summed E-state index contributed by atoms with van der Waals surface area (Å²) in [6.07, 6.45) is -0.148. The Morgan fingerprint density at radius 3 is 2.31 bits per heavy atom. The molecule has 5 heteroatoms. The summed E-state index contributed by atoms with van der Waals surface area (Å²) in [7, 11) is 1.55. The quantitative estimate of drug-likeness (QED) is 0.759. The van der Waals surface area contributed by atoms with Crippen LogP contribution in [0.2, 0.25) is 0 Å². The Kier molecular flexibility index (Phi) is 6.17. The Hall–Kier alpha value is -3.08. The highest BCUT2D eigenvalue weighted by Gasteiger charge is 2.21. The van der Waals surface area contributed by atoms with Gasteiger partial charge in [-0.3, -0.25) is 14.2 Å². The van der Waals surface area contributed by atoms with Crippen molar-refractivity contribution in [2.24, 2.45) is 0 Å². The molecule has 0 amide bonds. The topological polar surface area (TPSA) is 68.5 Å². The zero-order valence-corrected chi connectivity index (χ0v) is 15.4. The first kappa shape index (κ1) is 19.2. The zero-order chi connectivity index (χ0) is 19.3. The second-order valence-electron chi connectivity index (χ2n) is 5.52. The van der Waals surface area contributed by atoms with E-state index < -0.39 is 5.97 Å². The third-order valence-electron chi connectivity index (χ3n) is 4.09. The number of ether oxygens (including phenoxy) is 1. The molecule has 0 atom stereocenters. The largest absolute Gasteiger partial charge is 0.497 e. The Labute approximate surface area is 152 Å². The van der Waals surface area contributed by atoms with Gasteiger partial charge in [-0.15, -0.1) is 0 Å². The molecule has 5 nitrogen and oxygen atoms in total. The number of carbonyl (C=O) groups is 2. The molecule has 0 radical (unpaired) electrons. The maximum atomic E-state index is 12.9. The fourth-order valence-electron chi connectivity index (χ4n) is 2.94. The van der Waals surface area contributed by atoms with E-state index in [4.69, 9.17) is 4.74 Å². The molecule has 0 spiro atoms. The number of hydrogen-bond donors (Lipinski definition) is 1. The summed E-state index contributed by atoms with van der Waals surface area (Å²) in [5.41, 5.74) is 2.49. The Morgan fingerprint density at radius 1 is 1.08 bits per heavy atom. The van der Waals surface area contributed by atoms with Gasteiger partial charge in [0, 0.05) is 16.6 Å². The first-order valence-electron chi connectivity index (χ1n) is 8.52. The molecular weight excluding hydrogens is 330 g/mol. The van der Waals surface area contributed by atoms with Gasteiger partial charge in [0.1, 0.15) is 5.75 Å². The first-order chi connectivity index (χ1) is 12.5. The Bertz CT molecular complexity index is 926. The maximum absolute atomic E-state index is 12.9. The normalized spacial score (nSPS) is 10.2. The van der Waals surface area contributed by atoms with Crippen LogP contribution in [0, 0.1) is 6.92 Å². The van der Waals surface area contributed by atoms with E-state index >= 15 is 0 Å². The number of aliphatic carboxylic acids is 1. The third kappa shape index (κ3) is 3.61. The van der Waals surface area contributed by atoms with Crippen molar-refractivity contribution < 1.29 is 19.4 Å². The number of fused-ring (bicyclic) bond motifs is 1. The van der Waals surface area contributed by atoms with E-state index in [2.05, 4.69) is 0 Å². The van der Waals surface area contributed by atoms with Crippen LogP contribution < -0.4 is 4.74 Å². The lowest BCUT2D eigenvalue weighted by Gasteiger charge is -2.07. The number of carboxylic acid groups (broad SMARTS) is 1. The number of methoxy groups -OCH3 is 1. The molecule has 1 aromatic heterocycles. The molecule has 136 valence electrons. The van der Waals surface area contributed by atoms with Crippen LogP contribution in [-0.2, 0) is 11.2 Å². The third-order valence-corrected chi connectivity index (χ3v) is 4.09. The van der Waals surface area contributed by atoms with Crippen LogP contribution in [0.25, 0.3) is 10.9 Å². The minimum absolute atomic E-state index is 0.148. The molecule has 0 fully saturated rings. The molecule has 3 aromatic rings. The van der Waals surface area contributed by atoms with E-state index in [1.165, 1.54) is 0 Å². The standard InChI is InChI=1S/C19H17NO4.C2H6/c1-12-15(11-18(21)22)16-10-14(24-2)8-9-17(16)20(12)19(23)13-6-4-3-5-7-13;1-2/h3-10H,11H2,1-2H3,(H,21,22);1-2H3. The average molecular weight is 353 g/mol. The van der Waals surface area contributed by atoms with Gasteiger partial charge >= 0.3 is 5.97 Å². The Balaban J connectivity index is 0.00000117. The molecule has 1 N–H and O–H groups in total. The summed E-state index contributed by atoms with van der Waals surface area (Å²) >= 11 is 0. The summed E-state index contributed by atoms with van der Waals surface area (Å²) in [5, 5.41) is 9.94. The molecule has 1 heterocycles. The molecular formula is C21H23NO4. The van der Waals surface area contributed by atoms with Crippen molar-refractivity contribution in [3.05, 3.63) is 65.4 Å². The second kappa shape index (κ2) is 8.34. The van der Waals surface area contributed by atoms with Crippen LogP contribution >= 0.6 is 0 Å².